The molecular formula is C15H8N6. The van der Waals surface area contributed by atoms with Gasteiger partial charge in [0.2, 0.25) is 0 Å². The van der Waals surface area contributed by atoms with Gasteiger partial charge in [-0.2, -0.15) is 10.5 Å². The highest BCUT2D eigenvalue weighted by atomic mass is 15.0. The van der Waals surface area contributed by atoms with E-state index in [1.54, 1.807) is 12.3 Å². The van der Waals surface area contributed by atoms with Crippen LogP contribution in [0.15, 0.2) is 42.6 Å². The maximum Gasteiger partial charge on any atom is 0.177 e. The lowest BCUT2D eigenvalue weighted by Crippen LogP contribution is -1.91. The lowest BCUT2D eigenvalue weighted by atomic mass is 10.2. The van der Waals surface area contributed by atoms with Crippen molar-refractivity contribution < 1.29 is 0 Å². The molecule has 0 aliphatic heterocycles. The van der Waals surface area contributed by atoms with Gasteiger partial charge >= 0.3 is 0 Å². The summed E-state index contributed by atoms with van der Waals surface area (Å²) >= 11 is 0. The minimum absolute atomic E-state index is 0.0672. The van der Waals surface area contributed by atoms with Gasteiger partial charge in [0.25, 0.3) is 0 Å². The molecule has 0 radical (unpaired) electrons. The fourth-order valence-corrected chi connectivity index (χ4v) is 1.88. The summed E-state index contributed by atoms with van der Waals surface area (Å²) in [5.74, 6) is 0.390. The van der Waals surface area contributed by atoms with Gasteiger partial charge in [-0.15, -0.1) is 0 Å². The van der Waals surface area contributed by atoms with E-state index in [1.807, 2.05) is 42.5 Å². The number of nitrogens with one attached hydrogen (secondary N) is 1. The van der Waals surface area contributed by atoms with Crippen molar-refractivity contribution in [1.82, 2.24) is 19.9 Å². The Labute approximate surface area is 120 Å². The Bertz CT molecular complexity index is 836. The van der Waals surface area contributed by atoms with Gasteiger partial charge in [0.15, 0.2) is 17.2 Å². The summed E-state index contributed by atoms with van der Waals surface area (Å²) in [6, 6.07) is 14.8. The van der Waals surface area contributed by atoms with Crippen molar-refractivity contribution in [3.05, 3.63) is 54.0 Å². The second-order valence-corrected chi connectivity index (χ2v) is 4.16. The maximum absolute atomic E-state index is 8.94. The predicted molar refractivity (Wildman–Crippen MR) is 74.5 cm³/mol. The number of imidazole rings is 1. The number of nitrogens with zero attached hydrogens (tertiary/aromatic N) is 5. The van der Waals surface area contributed by atoms with Crippen LogP contribution in [0.3, 0.4) is 0 Å². The molecule has 0 unspecified atom stereocenters. The van der Waals surface area contributed by atoms with E-state index in [1.165, 1.54) is 0 Å². The number of aromatic amines is 1. The van der Waals surface area contributed by atoms with Gasteiger partial charge in [-0.1, -0.05) is 12.1 Å². The Morgan fingerprint density at radius 2 is 1.67 bits per heavy atom. The summed E-state index contributed by atoms with van der Waals surface area (Å²) in [5.41, 5.74) is 2.19. The van der Waals surface area contributed by atoms with E-state index in [2.05, 4.69) is 19.9 Å². The van der Waals surface area contributed by atoms with Crippen LogP contribution in [-0.2, 0) is 0 Å². The summed E-state index contributed by atoms with van der Waals surface area (Å²) in [7, 11) is 0. The predicted octanol–water partition coefficient (Wildman–Crippen LogP) is 2.28. The zero-order chi connectivity index (χ0) is 14.7. The van der Waals surface area contributed by atoms with Crippen LogP contribution in [0, 0.1) is 22.7 Å². The first kappa shape index (κ1) is 12.5. The van der Waals surface area contributed by atoms with Crippen molar-refractivity contribution in [3.63, 3.8) is 0 Å². The third-order valence-corrected chi connectivity index (χ3v) is 2.84. The quantitative estimate of drug-likeness (QED) is 0.770. The van der Waals surface area contributed by atoms with Crippen molar-refractivity contribution in [2.24, 2.45) is 0 Å². The normalized spacial score (nSPS) is 9.81. The van der Waals surface area contributed by atoms with Gasteiger partial charge in [-0.3, -0.25) is 4.98 Å². The van der Waals surface area contributed by atoms with Crippen LogP contribution in [0.4, 0.5) is 0 Å². The van der Waals surface area contributed by atoms with Crippen molar-refractivity contribution >= 4 is 0 Å². The summed E-state index contributed by atoms with van der Waals surface area (Å²) in [6.07, 6.45) is 1.69. The highest BCUT2D eigenvalue weighted by Crippen LogP contribution is 2.20. The zero-order valence-electron chi connectivity index (χ0n) is 10.8. The fourth-order valence-electron chi connectivity index (χ4n) is 1.88. The molecular weight excluding hydrogens is 264 g/mol. The number of nitriles is 2. The van der Waals surface area contributed by atoms with E-state index >= 15 is 0 Å². The lowest BCUT2D eigenvalue weighted by Gasteiger charge is -2.01. The highest BCUT2D eigenvalue weighted by Gasteiger charge is 2.12. The number of hydrogen-bond donors (Lipinski definition) is 1. The van der Waals surface area contributed by atoms with Crippen LogP contribution < -0.4 is 0 Å². The minimum Gasteiger partial charge on any atom is -0.327 e. The van der Waals surface area contributed by atoms with Crippen LogP contribution in [0.5, 0.6) is 0 Å². The largest absolute Gasteiger partial charge is 0.327 e. The van der Waals surface area contributed by atoms with E-state index in [0.717, 1.165) is 5.69 Å². The summed E-state index contributed by atoms with van der Waals surface area (Å²) < 4.78 is 0. The van der Waals surface area contributed by atoms with Gasteiger partial charge in [0, 0.05) is 6.20 Å². The molecule has 3 heterocycles. The molecule has 0 fully saturated rings. The molecule has 0 amide bonds. The summed E-state index contributed by atoms with van der Waals surface area (Å²) in [6.45, 7) is 0. The third kappa shape index (κ3) is 2.34. The number of pyridine rings is 2. The van der Waals surface area contributed by atoms with Crippen LogP contribution in [-0.4, -0.2) is 19.9 Å². The zero-order valence-corrected chi connectivity index (χ0v) is 10.8. The lowest BCUT2D eigenvalue weighted by molar-refractivity contribution is 1.20. The Balaban J connectivity index is 2.07. The van der Waals surface area contributed by atoms with Crippen LogP contribution in [0.1, 0.15) is 11.4 Å². The van der Waals surface area contributed by atoms with Gasteiger partial charge in [-0.05, 0) is 24.3 Å². The second kappa shape index (κ2) is 5.24. The van der Waals surface area contributed by atoms with Crippen molar-refractivity contribution in [1.29, 1.82) is 10.5 Å². The molecule has 21 heavy (non-hydrogen) atoms. The molecule has 0 aromatic carbocycles. The Morgan fingerprint density at radius 3 is 2.33 bits per heavy atom. The average molecular weight is 272 g/mol. The van der Waals surface area contributed by atoms with Crippen molar-refractivity contribution in [2.45, 2.75) is 0 Å². The molecule has 6 heteroatoms. The average Bonchev–Trinajstić information content (AvgIpc) is 2.99. The molecule has 0 aliphatic carbocycles. The van der Waals surface area contributed by atoms with Gasteiger partial charge in [0.1, 0.15) is 17.8 Å². The molecule has 0 saturated heterocycles. The monoisotopic (exact) mass is 272 g/mol. The van der Waals surface area contributed by atoms with Gasteiger partial charge in [0.05, 0.1) is 11.4 Å². The molecule has 3 aromatic heterocycles. The standard InChI is InChI=1S/C15H8N6/c16-8-13-14(9-17)21-15(20-13)12-6-3-5-11(19-12)10-4-1-2-7-18-10/h1-7H,(H,20,21). The highest BCUT2D eigenvalue weighted by molar-refractivity contribution is 5.61. The fraction of sp³-hybridized carbons (Fsp3) is 0. The van der Waals surface area contributed by atoms with E-state index in [9.17, 15) is 0 Å². The first-order valence-corrected chi connectivity index (χ1v) is 6.11. The van der Waals surface area contributed by atoms with Gasteiger partial charge < -0.3 is 4.98 Å². The summed E-state index contributed by atoms with van der Waals surface area (Å²) in [4.78, 5) is 15.6. The first-order valence-electron chi connectivity index (χ1n) is 6.11. The molecule has 0 atom stereocenters. The van der Waals surface area contributed by atoms with Crippen LogP contribution in [0.2, 0.25) is 0 Å². The van der Waals surface area contributed by atoms with Crippen molar-refractivity contribution in [2.75, 3.05) is 0 Å². The number of aromatic nitrogens is 4. The number of rotatable bonds is 2. The minimum atomic E-state index is 0.0672. The maximum atomic E-state index is 8.94. The van der Waals surface area contributed by atoms with Crippen LogP contribution >= 0.6 is 0 Å². The molecule has 0 saturated carbocycles. The number of hydrogen-bond acceptors (Lipinski definition) is 5. The Hall–Kier alpha value is -3.51. The SMILES string of the molecule is N#Cc1nc(-c2cccc(-c3ccccn3)n2)[nH]c1C#N. The molecule has 6 nitrogen and oxygen atoms in total. The summed E-state index contributed by atoms with van der Waals surface area (Å²) in [5, 5.41) is 17.9. The third-order valence-electron chi connectivity index (χ3n) is 2.84. The second-order valence-electron chi connectivity index (χ2n) is 4.16. The van der Waals surface area contributed by atoms with Crippen LogP contribution in [0.25, 0.3) is 22.9 Å². The Morgan fingerprint density at radius 1 is 0.857 bits per heavy atom. The van der Waals surface area contributed by atoms with E-state index in [4.69, 9.17) is 10.5 Å². The molecule has 1 N–H and O–H groups in total. The molecule has 0 bridgehead atoms. The number of H-pyrrole nitrogens is 1. The molecule has 0 spiro atoms. The van der Waals surface area contributed by atoms with Gasteiger partial charge in [-0.25, -0.2) is 9.97 Å². The first-order chi connectivity index (χ1) is 10.3. The van der Waals surface area contributed by atoms with E-state index in [-0.39, 0.29) is 11.4 Å². The molecule has 3 aromatic rings. The van der Waals surface area contributed by atoms with Crippen molar-refractivity contribution in [3.8, 4) is 35.0 Å². The smallest absolute Gasteiger partial charge is 0.177 e. The van der Waals surface area contributed by atoms with E-state index < -0.39 is 0 Å². The Kier molecular flexibility index (Phi) is 3.12. The molecule has 98 valence electrons. The molecule has 3 rings (SSSR count). The topological polar surface area (TPSA) is 102 Å². The molecule has 0 aliphatic rings. The van der Waals surface area contributed by atoms with E-state index in [0.29, 0.717) is 17.2 Å².